The summed E-state index contributed by atoms with van der Waals surface area (Å²) in [5, 5.41) is 10.7. The second kappa shape index (κ2) is 8.11. The molecule has 0 aliphatic carbocycles. The number of nitrogens with one attached hydrogen (secondary N) is 2. The highest BCUT2D eigenvalue weighted by atomic mass is 16.2. The van der Waals surface area contributed by atoms with E-state index in [4.69, 9.17) is 0 Å². The number of carbonyl (C=O) groups excluding carboxylic acids is 1. The van der Waals surface area contributed by atoms with E-state index >= 15 is 0 Å². The number of H-pyrrole nitrogens is 1. The first kappa shape index (κ1) is 16.7. The number of hydrogen-bond donors (Lipinski definition) is 2. The van der Waals surface area contributed by atoms with Crippen LogP contribution in [-0.4, -0.2) is 40.6 Å². The summed E-state index contributed by atoms with van der Waals surface area (Å²) in [6.07, 6.45) is 2.94. The highest BCUT2D eigenvalue weighted by molar-refractivity contribution is 5.76. The molecule has 3 rings (SSSR count). The average molecular weight is 326 g/mol. The van der Waals surface area contributed by atoms with Crippen molar-refractivity contribution in [3.8, 4) is 11.3 Å². The van der Waals surface area contributed by atoms with E-state index in [0.717, 1.165) is 36.5 Å². The van der Waals surface area contributed by atoms with Crippen molar-refractivity contribution in [1.29, 1.82) is 0 Å². The third-order valence-electron chi connectivity index (χ3n) is 4.54. The second-order valence-corrected chi connectivity index (χ2v) is 6.66. The number of nitrogens with zero attached hydrogens (tertiary/aromatic N) is 2. The molecule has 0 bridgehead atoms. The molecule has 1 aliphatic rings. The van der Waals surface area contributed by atoms with E-state index in [1.807, 2.05) is 35.2 Å². The van der Waals surface area contributed by atoms with Gasteiger partial charge in [-0.25, -0.2) is 0 Å². The van der Waals surface area contributed by atoms with Crippen LogP contribution in [0.3, 0.4) is 0 Å². The first-order valence-corrected chi connectivity index (χ1v) is 8.80. The normalized spacial score (nSPS) is 17.9. The van der Waals surface area contributed by atoms with Gasteiger partial charge in [-0.05, 0) is 24.8 Å². The standard InChI is InChI=1S/C19H26N4O/c1-15-6-5-11-23(14-15)19(24)9-10-20-13-17-12-18(22-21-17)16-7-3-2-4-8-16/h2-4,7-8,12,15,20H,5-6,9-11,13-14H2,1H3,(H,21,22)/t15-/m0/s1. The fourth-order valence-electron chi connectivity index (χ4n) is 3.20. The zero-order valence-electron chi connectivity index (χ0n) is 14.3. The maximum atomic E-state index is 12.2. The molecule has 1 aromatic carbocycles. The molecule has 1 aromatic heterocycles. The number of rotatable bonds is 6. The smallest absolute Gasteiger partial charge is 0.223 e. The molecule has 2 aromatic rings. The number of benzene rings is 1. The zero-order valence-corrected chi connectivity index (χ0v) is 14.3. The summed E-state index contributed by atoms with van der Waals surface area (Å²) >= 11 is 0. The lowest BCUT2D eigenvalue weighted by molar-refractivity contribution is -0.132. The average Bonchev–Trinajstić information content (AvgIpc) is 3.08. The van der Waals surface area contributed by atoms with Crippen LogP contribution in [0.15, 0.2) is 36.4 Å². The monoisotopic (exact) mass is 326 g/mol. The summed E-state index contributed by atoms with van der Waals surface area (Å²) in [5.41, 5.74) is 3.09. The van der Waals surface area contributed by atoms with Gasteiger partial charge < -0.3 is 10.2 Å². The largest absolute Gasteiger partial charge is 0.342 e. The third-order valence-corrected chi connectivity index (χ3v) is 4.54. The van der Waals surface area contributed by atoms with Crippen molar-refractivity contribution in [2.75, 3.05) is 19.6 Å². The van der Waals surface area contributed by atoms with Gasteiger partial charge in [0.25, 0.3) is 0 Å². The van der Waals surface area contributed by atoms with Crippen molar-refractivity contribution in [2.24, 2.45) is 5.92 Å². The molecular weight excluding hydrogens is 300 g/mol. The van der Waals surface area contributed by atoms with Gasteiger partial charge in [-0.1, -0.05) is 37.3 Å². The van der Waals surface area contributed by atoms with Crippen LogP contribution in [0.5, 0.6) is 0 Å². The fourth-order valence-corrected chi connectivity index (χ4v) is 3.20. The van der Waals surface area contributed by atoms with Crippen molar-refractivity contribution in [3.05, 3.63) is 42.1 Å². The number of amides is 1. The molecule has 1 saturated heterocycles. The van der Waals surface area contributed by atoms with Crippen molar-refractivity contribution in [2.45, 2.75) is 32.7 Å². The van der Waals surface area contributed by atoms with E-state index in [1.54, 1.807) is 0 Å². The Morgan fingerprint density at radius 3 is 3.00 bits per heavy atom. The van der Waals surface area contributed by atoms with Crippen molar-refractivity contribution in [1.82, 2.24) is 20.4 Å². The lowest BCUT2D eigenvalue weighted by atomic mass is 10.00. The van der Waals surface area contributed by atoms with E-state index < -0.39 is 0 Å². The number of hydrogen-bond acceptors (Lipinski definition) is 3. The molecule has 0 radical (unpaired) electrons. The molecule has 5 nitrogen and oxygen atoms in total. The zero-order chi connectivity index (χ0) is 16.8. The Hall–Kier alpha value is -2.14. The Labute approximate surface area is 143 Å². The number of carbonyl (C=O) groups is 1. The molecule has 2 N–H and O–H groups in total. The lowest BCUT2D eigenvalue weighted by Crippen LogP contribution is -2.40. The Bertz CT molecular complexity index is 652. The molecule has 128 valence electrons. The van der Waals surface area contributed by atoms with Crippen LogP contribution in [0.2, 0.25) is 0 Å². The molecular formula is C19H26N4O. The molecule has 24 heavy (non-hydrogen) atoms. The summed E-state index contributed by atoms with van der Waals surface area (Å²) in [7, 11) is 0. The van der Waals surface area contributed by atoms with E-state index in [9.17, 15) is 4.79 Å². The van der Waals surface area contributed by atoms with E-state index in [-0.39, 0.29) is 5.91 Å². The van der Waals surface area contributed by atoms with Gasteiger partial charge in [0.2, 0.25) is 5.91 Å². The second-order valence-electron chi connectivity index (χ2n) is 6.66. The van der Waals surface area contributed by atoms with E-state index in [0.29, 0.717) is 25.4 Å². The van der Waals surface area contributed by atoms with E-state index in [1.165, 1.54) is 6.42 Å². The SMILES string of the molecule is C[C@H]1CCCN(C(=O)CCNCc2cc(-c3ccccc3)n[nH]2)C1. The molecule has 0 saturated carbocycles. The minimum absolute atomic E-state index is 0.267. The van der Waals surface area contributed by atoms with Crippen LogP contribution >= 0.6 is 0 Å². The van der Waals surface area contributed by atoms with Crippen molar-refractivity contribution in [3.63, 3.8) is 0 Å². The number of likely N-dealkylation sites (tertiary alicyclic amines) is 1. The van der Waals surface area contributed by atoms with Gasteiger partial charge in [-0.2, -0.15) is 5.10 Å². The molecule has 1 aliphatic heterocycles. The van der Waals surface area contributed by atoms with Crippen LogP contribution in [0.1, 0.15) is 31.9 Å². The van der Waals surface area contributed by atoms with Crippen LogP contribution in [0, 0.1) is 5.92 Å². The molecule has 5 heteroatoms. The maximum absolute atomic E-state index is 12.2. The van der Waals surface area contributed by atoms with Crippen molar-refractivity contribution >= 4 is 5.91 Å². The van der Waals surface area contributed by atoms with E-state index in [2.05, 4.69) is 28.5 Å². The van der Waals surface area contributed by atoms with Crippen LogP contribution in [0.4, 0.5) is 0 Å². The van der Waals surface area contributed by atoms with Gasteiger partial charge in [-0.15, -0.1) is 0 Å². The minimum atomic E-state index is 0.267. The Morgan fingerprint density at radius 2 is 2.21 bits per heavy atom. The topological polar surface area (TPSA) is 61.0 Å². The number of piperidine rings is 1. The van der Waals surface area contributed by atoms with Crippen LogP contribution in [-0.2, 0) is 11.3 Å². The summed E-state index contributed by atoms with van der Waals surface area (Å²) in [4.78, 5) is 14.2. The molecule has 0 unspecified atom stereocenters. The summed E-state index contributed by atoms with van der Waals surface area (Å²) in [6, 6.07) is 12.2. The highest BCUT2D eigenvalue weighted by Crippen LogP contribution is 2.17. The number of aromatic amines is 1. The summed E-state index contributed by atoms with van der Waals surface area (Å²) in [6.45, 7) is 5.46. The minimum Gasteiger partial charge on any atom is -0.342 e. The Balaban J connectivity index is 1.41. The predicted octanol–water partition coefficient (Wildman–Crippen LogP) is 2.81. The van der Waals surface area contributed by atoms with Gasteiger partial charge in [0.05, 0.1) is 5.69 Å². The maximum Gasteiger partial charge on any atom is 0.223 e. The highest BCUT2D eigenvalue weighted by Gasteiger charge is 2.20. The molecule has 1 fully saturated rings. The van der Waals surface area contributed by atoms with Gasteiger partial charge in [0.1, 0.15) is 0 Å². The molecule has 1 amide bonds. The number of aromatic nitrogens is 2. The Kier molecular flexibility index (Phi) is 5.64. The van der Waals surface area contributed by atoms with Crippen LogP contribution < -0.4 is 5.32 Å². The van der Waals surface area contributed by atoms with Crippen LogP contribution in [0.25, 0.3) is 11.3 Å². The third kappa shape index (κ3) is 4.45. The van der Waals surface area contributed by atoms with Gasteiger partial charge in [0.15, 0.2) is 0 Å². The summed E-state index contributed by atoms with van der Waals surface area (Å²) in [5.74, 6) is 0.903. The predicted molar refractivity (Wildman–Crippen MR) is 95.3 cm³/mol. The molecule has 1 atom stereocenters. The fraction of sp³-hybridized carbons (Fsp3) is 0.474. The van der Waals surface area contributed by atoms with Crippen molar-refractivity contribution < 1.29 is 4.79 Å². The summed E-state index contributed by atoms with van der Waals surface area (Å²) < 4.78 is 0. The quantitative estimate of drug-likeness (QED) is 0.803. The molecule has 2 heterocycles. The molecule has 0 spiro atoms. The Morgan fingerprint density at radius 1 is 1.38 bits per heavy atom. The first-order valence-electron chi connectivity index (χ1n) is 8.80. The lowest BCUT2D eigenvalue weighted by Gasteiger charge is -2.31. The first-order chi connectivity index (χ1) is 11.7. The van der Waals surface area contributed by atoms with Gasteiger partial charge >= 0.3 is 0 Å². The van der Waals surface area contributed by atoms with Gasteiger partial charge in [-0.3, -0.25) is 9.89 Å². The van der Waals surface area contributed by atoms with Gasteiger partial charge in [0, 0.05) is 43.9 Å².